The quantitative estimate of drug-likeness (QED) is 0.707. The Morgan fingerprint density at radius 1 is 1.07 bits per heavy atom. The summed E-state index contributed by atoms with van der Waals surface area (Å²) in [6, 6.07) is 6.55. The predicted octanol–water partition coefficient (Wildman–Crippen LogP) is 3.52. The van der Waals surface area contributed by atoms with Gasteiger partial charge < -0.3 is 4.57 Å². The fraction of sp³-hybridized carbons (Fsp3) is 0.333. The first-order valence-corrected chi connectivity index (χ1v) is 5.72. The van der Waals surface area contributed by atoms with Gasteiger partial charge in [0.05, 0.1) is 6.54 Å². The molecule has 2 aromatic heterocycles. The van der Waals surface area contributed by atoms with E-state index in [0.717, 1.165) is 6.54 Å². The number of aromatic nitrogens is 1. The summed E-state index contributed by atoms with van der Waals surface area (Å²) < 4.78 is 2.36. The van der Waals surface area contributed by atoms with Gasteiger partial charge in [0.2, 0.25) is 0 Å². The standard InChI is InChI=1S/C12H15NS/c1-9-6-7-14-12(9)8-13-10(2)4-5-11(13)3/h4-7H,8H2,1-3H3. The molecule has 0 saturated carbocycles. The third kappa shape index (κ3) is 1.62. The maximum absolute atomic E-state index is 2.36. The van der Waals surface area contributed by atoms with Gasteiger partial charge in [0.25, 0.3) is 0 Å². The molecule has 0 fully saturated rings. The SMILES string of the molecule is Cc1ccsc1Cn1c(C)ccc1C. The van der Waals surface area contributed by atoms with Crippen molar-refractivity contribution in [1.82, 2.24) is 4.57 Å². The molecule has 2 heteroatoms. The van der Waals surface area contributed by atoms with E-state index >= 15 is 0 Å². The summed E-state index contributed by atoms with van der Waals surface area (Å²) in [5.41, 5.74) is 4.09. The van der Waals surface area contributed by atoms with Gasteiger partial charge >= 0.3 is 0 Å². The van der Waals surface area contributed by atoms with Crippen LogP contribution in [0.4, 0.5) is 0 Å². The Hall–Kier alpha value is -1.02. The molecule has 0 atom stereocenters. The number of hydrogen-bond acceptors (Lipinski definition) is 1. The van der Waals surface area contributed by atoms with E-state index < -0.39 is 0 Å². The first kappa shape index (κ1) is 9.53. The average molecular weight is 205 g/mol. The average Bonchev–Trinajstić information content (AvgIpc) is 2.67. The number of nitrogens with zero attached hydrogens (tertiary/aromatic N) is 1. The summed E-state index contributed by atoms with van der Waals surface area (Å²) in [5, 5.41) is 2.17. The third-order valence-electron chi connectivity index (χ3n) is 2.69. The number of aryl methyl sites for hydroxylation is 3. The summed E-state index contributed by atoms with van der Waals surface area (Å²) in [6.45, 7) is 7.53. The minimum Gasteiger partial charge on any atom is -0.344 e. The Morgan fingerprint density at radius 2 is 1.71 bits per heavy atom. The topological polar surface area (TPSA) is 4.93 Å². The molecule has 74 valence electrons. The van der Waals surface area contributed by atoms with Gasteiger partial charge in [-0.15, -0.1) is 11.3 Å². The van der Waals surface area contributed by atoms with Crippen molar-refractivity contribution in [2.24, 2.45) is 0 Å². The van der Waals surface area contributed by atoms with Crippen LogP contribution >= 0.6 is 11.3 Å². The molecule has 0 saturated heterocycles. The molecule has 0 aliphatic rings. The second kappa shape index (κ2) is 3.62. The normalized spacial score (nSPS) is 10.8. The Kier molecular flexibility index (Phi) is 2.46. The molecule has 0 amide bonds. The third-order valence-corrected chi connectivity index (χ3v) is 3.69. The van der Waals surface area contributed by atoms with Crippen LogP contribution in [0.5, 0.6) is 0 Å². The summed E-state index contributed by atoms with van der Waals surface area (Å²) in [7, 11) is 0. The fourth-order valence-corrected chi connectivity index (χ4v) is 2.55. The van der Waals surface area contributed by atoms with Crippen molar-refractivity contribution in [2.45, 2.75) is 27.3 Å². The Bertz CT molecular complexity index is 417. The van der Waals surface area contributed by atoms with Gasteiger partial charge in [0.15, 0.2) is 0 Å². The smallest absolute Gasteiger partial charge is 0.0571 e. The van der Waals surface area contributed by atoms with Gasteiger partial charge in [0, 0.05) is 16.3 Å². The van der Waals surface area contributed by atoms with Gasteiger partial charge in [-0.3, -0.25) is 0 Å². The van der Waals surface area contributed by atoms with Crippen LogP contribution in [0.2, 0.25) is 0 Å². The maximum Gasteiger partial charge on any atom is 0.0571 e. The van der Waals surface area contributed by atoms with Crippen LogP contribution in [0.15, 0.2) is 23.6 Å². The van der Waals surface area contributed by atoms with Gasteiger partial charge in [-0.05, 0) is 49.9 Å². The molecular formula is C12H15NS. The Labute approximate surface area is 89.0 Å². The van der Waals surface area contributed by atoms with Crippen molar-refractivity contribution in [3.8, 4) is 0 Å². The summed E-state index contributed by atoms with van der Waals surface area (Å²) in [5.74, 6) is 0. The first-order valence-electron chi connectivity index (χ1n) is 4.84. The molecule has 0 N–H and O–H groups in total. The molecule has 2 rings (SSSR count). The summed E-state index contributed by atoms with van der Waals surface area (Å²) in [6.07, 6.45) is 0. The van der Waals surface area contributed by atoms with E-state index in [-0.39, 0.29) is 0 Å². The van der Waals surface area contributed by atoms with E-state index in [9.17, 15) is 0 Å². The molecule has 1 nitrogen and oxygen atoms in total. The van der Waals surface area contributed by atoms with Crippen LogP contribution in [-0.2, 0) is 6.54 Å². The number of rotatable bonds is 2. The molecule has 0 aliphatic heterocycles. The van der Waals surface area contributed by atoms with E-state index in [1.54, 1.807) is 0 Å². The van der Waals surface area contributed by atoms with Crippen LogP contribution in [0.1, 0.15) is 21.8 Å². The van der Waals surface area contributed by atoms with Crippen LogP contribution in [-0.4, -0.2) is 4.57 Å². The summed E-state index contributed by atoms with van der Waals surface area (Å²) >= 11 is 1.84. The number of hydrogen-bond donors (Lipinski definition) is 0. The molecule has 2 aromatic rings. The first-order chi connectivity index (χ1) is 6.68. The molecule has 0 bridgehead atoms. The highest BCUT2D eigenvalue weighted by Crippen LogP contribution is 2.19. The second-order valence-corrected chi connectivity index (χ2v) is 4.73. The lowest BCUT2D eigenvalue weighted by atomic mass is 10.3. The number of thiophene rings is 1. The van der Waals surface area contributed by atoms with Crippen molar-refractivity contribution >= 4 is 11.3 Å². The summed E-state index contributed by atoms with van der Waals surface area (Å²) in [4.78, 5) is 1.47. The highest BCUT2D eigenvalue weighted by Gasteiger charge is 2.04. The highest BCUT2D eigenvalue weighted by atomic mass is 32.1. The van der Waals surface area contributed by atoms with E-state index in [1.165, 1.54) is 21.8 Å². The molecule has 0 aromatic carbocycles. The van der Waals surface area contributed by atoms with Gasteiger partial charge in [0.1, 0.15) is 0 Å². The molecule has 0 aliphatic carbocycles. The van der Waals surface area contributed by atoms with E-state index in [0.29, 0.717) is 0 Å². The minimum absolute atomic E-state index is 1.02. The molecule has 0 radical (unpaired) electrons. The van der Waals surface area contributed by atoms with E-state index in [1.807, 2.05) is 11.3 Å². The lowest BCUT2D eigenvalue weighted by Gasteiger charge is -2.08. The fourth-order valence-electron chi connectivity index (χ4n) is 1.66. The van der Waals surface area contributed by atoms with Gasteiger partial charge in [-0.1, -0.05) is 0 Å². The largest absolute Gasteiger partial charge is 0.344 e. The highest BCUT2D eigenvalue weighted by molar-refractivity contribution is 7.10. The van der Waals surface area contributed by atoms with Crippen molar-refractivity contribution in [3.63, 3.8) is 0 Å². The second-order valence-electron chi connectivity index (χ2n) is 3.73. The van der Waals surface area contributed by atoms with Crippen molar-refractivity contribution < 1.29 is 0 Å². The molecule has 0 spiro atoms. The molecule has 0 unspecified atom stereocenters. The zero-order chi connectivity index (χ0) is 10.1. The van der Waals surface area contributed by atoms with Crippen LogP contribution in [0, 0.1) is 20.8 Å². The van der Waals surface area contributed by atoms with Crippen molar-refractivity contribution in [3.05, 3.63) is 45.4 Å². The van der Waals surface area contributed by atoms with E-state index in [4.69, 9.17) is 0 Å². The van der Waals surface area contributed by atoms with Crippen molar-refractivity contribution in [1.29, 1.82) is 0 Å². The zero-order valence-electron chi connectivity index (χ0n) is 8.87. The monoisotopic (exact) mass is 205 g/mol. The van der Waals surface area contributed by atoms with Gasteiger partial charge in [-0.2, -0.15) is 0 Å². The lowest BCUT2D eigenvalue weighted by Crippen LogP contribution is -2.02. The van der Waals surface area contributed by atoms with Crippen LogP contribution in [0.3, 0.4) is 0 Å². The zero-order valence-corrected chi connectivity index (χ0v) is 9.69. The van der Waals surface area contributed by atoms with Crippen molar-refractivity contribution in [2.75, 3.05) is 0 Å². The maximum atomic E-state index is 2.36. The van der Waals surface area contributed by atoms with Crippen LogP contribution < -0.4 is 0 Å². The Balaban J connectivity index is 2.31. The Morgan fingerprint density at radius 3 is 2.21 bits per heavy atom. The van der Waals surface area contributed by atoms with Crippen LogP contribution in [0.25, 0.3) is 0 Å². The molecule has 2 heterocycles. The minimum atomic E-state index is 1.02. The molecule has 14 heavy (non-hydrogen) atoms. The lowest BCUT2D eigenvalue weighted by molar-refractivity contribution is 0.756. The van der Waals surface area contributed by atoms with Gasteiger partial charge in [-0.25, -0.2) is 0 Å². The molecular weight excluding hydrogens is 190 g/mol. The van der Waals surface area contributed by atoms with E-state index in [2.05, 4.69) is 48.9 Å². The predicted molar refractivity (Wildman–Crippen MR) is 62.1 cm³/mol.